The maximum atomic E-state index is 12.9. The molecule has 2 heteroatoms. The van der Waals surface area contributed by atoms with E-state index in [4.69, 9.17) is 0 Å². The molecule has 0 aromatic heterocycles. The molecule has 1 nitrogen and oxygen atoms in total. The van der Waals surface area contributed by atoms with E-state index in [1.165, 1.54) is 12.1 Å². The van der Waals surface area contributed by atoms with Gasteiger partial charge in [-0.1, -0.05) is 20.8 Å². The number of anilines is 1. The highest BCUT2D eigenvalue weighted by Crippen LogP contribution is 2.23. The van der Waals surface area contributed by atoms with Crippen molar-refractivity contribution in [3.05, 3.63) is 30.1 Å². The highest BCUT2D eigenvalue weighted by molar-refractivity contribution is 5.47. The van der Waals surface area contributed by atoms with Gasteiger partial charge in [0.1, 0.15) is 5.82 Å². The first kappa shape index (κ1) is 14.0. The summed E-state index contributed by atoms with van der Waals surface area (Å²) >= 11 is 0. The third-order valence-corrected chi connectivity index (χ3v) is 2.88. The van der Waals surface area contributed by atoms with Crippen molar-refractivity contribution in [1.82, 2.24) is 0 Å². The Balaban J connectivity index is 2.76. The van der Waals surface area contributed by atoms with Crippen molar-refractivity contribution in [2.75, 3.05) is 11.4 Å². The molecule has 1 rings (SSSR count). The first-order chi connectivity index (χ1) is 7.79. The third kappa shape index (κ3) is 4.76. The summed E-state index contributed by atoms with van der Waals surface area (Å²) in [6.07, 6.45) is 1.13. The lowest BCUT2D eigenvalue weighted by molar-refractivity contribution is 0.374. The van der Waals surface area contributed by atoms with Crippen molar-refractivity contribution in [2.24, 2.45) is 5.41 Å². The van der Waals surface area contributed by atoms with Crippen LogP contribution in [0.1, 0.15) is 41.0 Å². The molecular weight excluding hydrogens is 213 g/mol. The lowest BCUT2D eigenvalue weighted by Crippen LogP contribution is -2.33. The normalized spacial score (nSPS) is 11.9. The van der Waals surface area contributed by atoms with Crippen molar-refractivity contribution < 1.29 is 4.39 Å². The Hall–Kier alpha value is -1.05. The van der Waals surface area contributed by atoms with Crippen LogP contribution in [-0.2, 0) is 0 Å². The van der Waals surface area contributed by atoms with Crippen molar-refractivity contribution in [3.8, 4) is 0 Å². The first-order valence-corrected chi connectivity index (χ1v) is 6.32. The van der Waals surface area contributed by atoms with Gasteiger partial charge in [-0.2, -0.15) is 0 Å². The molecule has 0 aliphatic rings. The van der Waals surface area contributed by atoms with Crippen molar-refractivity contribution in [2.45, 2.75) is 47.1 Å². The molecule has 0 saturated carbocycles. The minimum atomic E-state index is -0.173. The molecular formula is C15H24FN. The molecule has 0 saturated heterocycles. The van der Waals surface area contributed by atoms with Gasteiger partial charge >= 0.3 is 0 Å². The summed E-state index contributed by atoms with van der Waals surface area (Å²) in [5.74, 6) is -0.173. The molecule has 0 aliphatic heterocycles. The van der Waals surface area contributed by atoms with Crippen LogP contribution >= 0.6 is 0 Å². The Kier molecular flexibility index (Phi) is 4.55. The molecule has 0 bridgehead atoms. The number of hydrogen-bond acceptors (Lipinski definition) is 1. The molecule has 0 radical (unpaired) electrons. The van der Waals surface area contributed by atoms with Crippen molar-refractivity contribution in [3.63, 3.8) is 0 Å². The highest BCUT2D eigenvalue weighted by atomic mass is 19.1. The number of benzene rings is 1. The van der Waals surface area contributed by atoms with Crippen molar-refractivity contribution in [1.29, 1.82) is 0 Å². The summed E-state index contributed by atoms with van der Waals surface area (Å²) in [4.78, 5) is 2.32. The minimum Gasteiger partial charge on any atom is -0.369 e. The van der Waals surface area contributed by atoms with Crippen LogP contribution in [-0.4, -0.2) is 12.6 Å². The zero-order chi connectivity index (χ0) is 13.1. The summed E-state index contributed by atoms with van der Waals surface area (Å²) < 4.78 is 12.9. The van der Waals surface area contributed by atoms with Gasteiger partial charge in [-0.05, 0) is 49.9 Å². The van der Waals surface area contributed by atoms with Crippen molar-refractivity contribution >= 4 is 5.69 Å². The van der Waals surface area contributed by atoms with E-state index in [1.54, 1.807) is 0 Å². The van der Waals surface area contributed by atoms with Crippen LogP contribution in [0.15, 0.2) is 24.3 Å². The molecule has 0 atom stereocenters. The monoisotopic (exact) mass is 237 g/mol. The molecule has 17 heavy (non-hydrogen) atoms. The van der Waals surface area contributed by atoms with E-state index in [0.29, 0.717) is 11.5 Å². The topological polar surface area (TPSA) is 3.24 Å². The van der Waals surface area contributed by atoms with Gasteiger partial charge in [-0.15, -0.1) is 0 Å². The molecule has 1 aromatic carbocycles. The van der Waals surface area contributed by atoms with Crippen LogP contribution in [0.25, 0.3) is 0 Å². The highest BCUT2D eigenvalue weighted by Gasteiger charge is 2.15. The smallest absolute Gasteiger partial charge is 0.123 e. The third-order valence-electron chi connectivity index (χ3n) is 2.88. The Morgan fingerprint density at radius 2 is 1.65 bits per heavy atom. The number of hydrogen-bond donors (Lipinski definition) is 0. The zero-order valence-corrected chi connectivity index (χ0v) is 11.6. The summed E-state index contributed by atoms with van der Waals surface area (Å²) in [5.41, 5.74) is 1.43. The van der Waals surface area contributed by atoms with Crippen LogP contribution in [0.5, 0.6) is 0 Å². The van der Waals surface area contributed by atoms with Crippen LogP contribution in [0.3, 0.4) is 0 Å². The summed E-state index contributed by atoms with van der Waals surface area (Å²) in [5, 5.41) is 0. The van der Waals surface area contributed by atoms with E-state index in [-0.39, 0.29) is 5.82 Å². The van der Waals surface area contributed by atoms with Gasteiger partial charge in [-0.25, -0.2) is 4.39 Å². The van der Waals surface area contributed by atoms with E-state index in [2.05, 4.69) is 39.5 Å². The summed E-state index contributed by atoms with van der Waals surface area (Å²) in [6.45, 7) is 12.1. The molecule has 0 spiro atoms. The van der Waals surface area contributed by atoms with Gasteiger partial charge in [-0.3, -0.25) is 0 Å². The van der Waals surface area contributed by atoms with Gasteiger partial charge in [0.15, 0.2) is 0 Å². The first-order valence-electron chi connectivity index (χ1n) is 6.32. The van der Waals surface area contributed by atoms with Gasteiger partial charge in [0, 0.05) is 18.3 Å². The predicted molar refractivity (Wildman–Crippen MR) is 73.0 cm³/mol. The van der Waals surface area contributed by atoms with Crippen LogP contribution in [0.2, 0.25) is 0 Å². The fraction of sp³-hybridized carbons (Fsp3) is 0.600. The number of rotatable bonds is 4. The molecule has 1 aromatic rings. The predicted octanol–water partition coefficient (Wildman–Crippen LogP) is 4.48. The van der Waals surface area contributed by atoms with Crippen LogP contribution in [0.4, 0.5) is 10.1 Å². The van der Waals surface area contributed by atoms with E-state index in [9.17, 15) is 4.39 Å². The molecule has 0 heterocycles. The molecule has 0 unspecified atom stereocenters. The second kappa shape index (κ2) is 5.52. The second-order valence-electron chi connectivity index (χ2n) is 6.07. The molecule has 96 valence electrons. The Bertz CT molecular complexity index is 335. The van der Waals surface area contributed by atoms with E-state index in [0.717, 1.165) is 18.7 Å². The zero-order valence-electron chi connectivity index (χ0n) is 11.6. The van der Waals surface area contributed by atoms with Crippen LogP contribution < -0.4 is 4.90 Å². The van der Waals surface area contributed by atoms with Crippen LogP contribution in [0, 0.1) is 11.2 Å². The Morgan fingerprint density at radius 1 is 1.12 bits per heavy atom. The van der Waals surface area contributed by atoms with Gasteiger partial charge in [0.05, 0.1) is 0 Å². The minimum absolute atomic E-state index is 0.173. The quantitative estimate of drug-likeness (QED) is 0.746. The lowest BCUT2D eigenvalue weighted by atomic mass is 9.92. The van der Waals surface area contributed by atoms with Gasteiger partial charge in [0.25, 0.3) is 0 Å². The summed E-state index contributed by atoms with van der Waals surface area (Å²) in [6, 6.07) is 7.21. The average molecular weight is 237 g/mol. The second-order valence-corrected chi connectivity index (χ2v) is 6.07. The summed E-state index contributed by atoms with van der Waals surface area (Å²) in [7, 11) is 0. The Morgan fingerprint density at radius 3 is 2.06 bits per heavy atom. The van der Waals surface area contributed by atoms with E-state index < -0.39 is 0 Å². The maximum Gasteiger partial charge on any atom is 0.123 e. The Labute approximate surface area is 105 Å². The standard InChI is InChI=1S/C15H24FN/c1-12(2)17(11-10-15(3,4)5)14-8-6-13(16)7-9-14/h6-9,12H,10-11H2,1-5H3. The van der Waals surface area contributed by atoms with E-state index >= 15 is 0 Å². The van der Waals surface area contributed by atoms with Gasteiger partial charge in [0.2, 0.25) is 0 Å². The molecule has 0 fully saturated rings. The van der Waals surface area contributed by atoms with Gasteiger partial charge < -0.3 is 4.90 Å². The lowest BCUT2D eigenvalue weighted by Gasteiger charge is -2.32. The fourth-order valence-electron chi connectivity index (χ4n) is 1.77. The molecule has 0 N–H and O–H groups in total. The SMILES string of the molecule is CC(C)N(CCC(C)(C)C)c1ccc(F)cc1. The number of nitrogens with zero attached hydrogens (tertiary/aromatic N) is 1. The van der Waals surface area contributed by atoms with E-state index in [1.807, 2.05) is 12.1 Å². The fourth-order valence-corrected chi connectivity index (χ4v) is 1.77. The largest absolute Gasteiger partial charge is 0.369 e. The molecule has 0 aliphatic carbocycles. The molecule has 0 amide bonds. The maximum absolute atomic E-state index is 12.9. The average Bonchev–Trinajstić information content (AvgIpc) is 2.18. The number of halogens is 1.